The van der Waals surface area contributed by atoms with Crippen molar-refractivity contribution in [3.8, 4) is 0 Å². The van der Waals surface area contributed by atoms with Crippen LogP contribution in [0.25, 0.3) is 0 Å². The summed E-state index contributed by atoms with van der Waals surface area (Å²) in [5.41, 5.74) is 1.99. The summed E-state index contributed by atoms with van der Waals surface area (Å²) in [5.74, 6) is -0.303. The number of nitrogens with one attached hydrogen (secondary N) is 1. The fourth-order valence-corrected chi connectivity index (χ4v) is 1.40. The van der Waals surface area contributed by atoms with Crippen LogP contribution in [-0.4, -0.2) is 9.97 Å². The average Bonchev–Trinajstić information content (AvgIpc) is 2.30. The normalized spacial score (nSPS) is 10.3. The minimum Gasteiger partial charge on any atom is -0.309 e. The quantitative estimate of drug-likeness (QED) is 0.850. The Morgan fingerprint density at radius 2 is 1.75 bits per heavy atom. The molecule has 16 heavy (non-hydrogen) atoms. The summed E-state index contributed by atoms with van der Waals surface area (Å²) in [5, 5.41) is 3.21. The second-order valence-electron chi connectivity index (χ2n) is 3.47. The number of halogens is 1. The Morgan fingerprint density at radius 3 is 2.50 bits per heavy atom. The van der Waals surface area contributed by atoms with Crippen LogP contribution < -0.4 is 5.32 Å². The zero-order valence-corrected chi connectivity index (χ0v) is 8.73. The highest BCUT2D eigenvalue weighted by atomic mass is 19.1. The molecule has 0 unspecified atom stereocenters. The van der Waals surface area contributed by atoms with Gasteiger partial charge in [0.2, 0.25) is 0 Å². The van der Waals surface area contributed by atoms with Gasteiger partial charge in [0.05, 0.1) is 6.20 Å². The summed E-state index contributed by atoms with van der Waals surface area (Å²) < 4.78 is 12.8. The molecule has 0 radical (unpaired) electrons. The van der Waals surface area contributed by atoms with Gasteiger partial charge in [-0.1, -0.05) is 0 Å². The molecule has 0 aliphatic carbocycles. The molecular formula is C12H12FN3. The highest BCUT2D eigenvalue weighted by Crippen LogP contribution is 2.01. The van der Waals surface area contributed by atoms with Crippen LogP contribution >= 0.6 is 0 Å². The van der Waals surface area contributed by atoms with Crippen LogP contribution in [0.2, 0.25) is 0 Å². The van der Waals surface area contributed by atoms with Crippen LogP contribution in [0.1, 0.15) is 11.1 Å². The molecule has 0 aliphatic rings. The minimum absolute atomic E-state index is 0.303. The van der Waals surface area contributed by atoms with Crippen molar-refractivity contribution in [1.29, 1.82) is 0 Å². The summed E-state index contributed by atoms with van der Waals surface area (Å²) in [7, 11) is 0. The van der Waals surface area contributed by atoms with Crippen molar-refractivity contribution < 1.29 is 4.39 Å². The molecule has 2 heterocycles. The highest BCUT2D eigenvalue weighted by molar-refractivity contribution is 5.12. The standard InChI is InChI=1S/C12H12FN3/c13-12-5-11(8-16-9-12)7-15-6-10-1-3-14-4-2-10/h1-5,8-9,15H,6-7H2. The first-order valence-electron chi connectivity index (χ1n) is 5.03. The SMILES string of the molecule is Fc1cncc(CNCc2ccncc2)c1. The Morgan fingerprint density at radius 1 is 1.00 bits per heavy atom. The van der Waals surface area contributed by atoms with Gasteiger partial charge in [-0.05, 0) is 29.3 Å². The first-order valence-corrected chi connectivity index (χ1v) is 5.03. The first-order chi connectivity index (χ1) is 7.84. The monoisotopic (exact) mass is 217 g/mol. The predicted molar refractivity (Wildman–Crippen MR) is 59.0 cm³/mol. The molecule has 82 valence electrons. The number of rotatable bonds is 4. The average molecular weight is 217 g/mol. The van der Waals surface area contributed by atoms with Gasteiger partial charge in [-0.15, -0.1) is 0 Å². The van der Waals surface area contributed by atoms with Gasteiger partial charge in [-0.3, -0.25) is 9.97 Å². The Hall–Kier alpha value is -1.81. The maximum absolute atomic E-state index is 12.8. The van der Waals surface area contributed by atoms with Gasteiger partial charge in [0.25, 0.3) is 0 Å². The van der Waals surface area contributed by atoms with Gasteiger partial charge in [0.1, 0.15) is 5.82 Å². The molecule has 2 rings (SSSR count). The Balaban J connectivity index is 1.85. The molecule has 1 N–H and O–H groups in total. The molecule has 3 nitrogen and oxygen atoms in total. The largest absolute Gasteiger partial charge is 0.309 e. The third-order valence-electron chi connectivity index (χ3n) is 2.17. The first kappa shape index (κ1) is 10.7. The van der Waals surface area contributed by atoms with Crippen molar-refractivity contribution in [2.24, 2.45) is 0 Å². The molecule has 0 bridgehead atoms. The fraction of sp³-hybridized carbons (Fsp3) is 0.167. The lowest BCUT2D eigenvalue weighted by Gasteiger charge is -2.04. The number of hydrogen-bond donors (Lipinski definition) is 1. The Bertz CT molecular complexity index is 445. The molecular weight excluding hydrogens is 205 g/mol. The third-order valence-corrected chi connectivity index (χ3v) is 2.17. The van der Waals surface area contributed by atoms with Gasteiger partial charge in [-0.25, -0.2) is 4.39 Å². The molecule has 0 aromatic carbocycles. The maximum Gasteiger partial charge on any atom is 0.141 e. The van der Waals surface area contributed by atoms with Crippen molar-refractivity contribution in [2.75, 3.05) is 0 Å². The van der Waals surface area contributed by atoms with E-state index in [-0.39, 0.29) is 5.82 Å². The highest BCUT2D eigenvalue weighted by Gasteiger charge is 1.96. The molecule has 0 saturated carbocycles. The van der Waals surface area contributed by atoms with Gasteiger partial charge >= 0.3 is 0 Å². The van der Waals surface area contributed by atoms with Crippen LogP contribution in [0.3, 0.4) is 0 Å². The van der Waals surface area contributed by atoms with Crippen molar-refractivity contribution in [3.63, 3.8) is 0 Å². The smallest absolute Gasteiger partial charge is 0.141 e. The van der Waals surface area contributed by atoms with E-state index in [0.29, 0.717) is 6.54 Å². The van der Waals surface area contributed by atoms with E-state index < -0.39 is 0 Å². The number of aromatic nitrogens is 2. The topological polar surface area (TPSA) is 37.8 Å². The van der Waals surface area contributed by atoms with Crippen LogP contribution in [0.15, 0.2) is 43.0 Å². The van der Waals surface area contributed by atoms with Crippen molar-refractivity contribution in [2.45, 2.75) is 13.1 Å². The Kier molecular flexibility index (Phi) is 3.56. The minimum atomic E-state index is -0.303. The van der Waals surface area contributed by atoms with Crippen molar-refractivity contribution >= 4 is 0 Å². The van der Waals surface area contributed by atoms with E-state index in [1.165, 1.54) is 12.3 Å². The molecule has 4 heteroatoms. The van der Waals surface area contributed by atoms with E-state index in [1.54, 1.807) is 18.6 Å². The van der Waals surface area contributed by atoms with E-state index in [1.807, 2.05) is 12.1 Å². The van der Waals surface area contributed by atoms with Crippen LogP contribution in [0, 0.1) is 5.82 Å². The van der Waals surface area contributed by atoms with Crippen LogP contribution in [-0.2, 0) is 13.1 Å². The van der Waals surface area contributed by atoms with E-state index in [2.05, 4.69) is 15.3 Å². The van der Waals surface area contributed by atoms with E-state index >= 15 is 0 Å². The van der Waals surface area contributed by atoms with Gasteiger partial charge < -0.3 is 5.32 Å². The summed E-state index contributed by atoms with van der Waals surface area (Å²) >= 11 is 0. The summed E-state index contributed by atoms with van der Waals surface area (Å²) in [6.07, 6.45) is 6.36. The second kappa shape index (κ2) is 5.32. The lowest BCUT2D eigenvalue weighted by atomic mass is 10.2. The molecule has 0 fully saturated rings. The summed E-state index contributed by atoms with van der Waals surface area (Å²) in [4.78, 5) is 7.72. The molecule has 2 aromatic rings. The Labute approximate surface area is 93.4 Å². The van der Waals surface area contributed by atoms with Crippen LogP contribution in [0.5, 0.6) is 0 Å². The summed E-state index contributed by atoms with van der Waals surface area (Å²) in [6.45, 7) is 1.34. The van der Waals surface area contributed by atoms with E-state index in [0.717, 1.165) is 17.7 Å². The van der Waals surface area contributed by atoms with Crippen LogP contribution in [0.4, 0.5) is 4.39 Å². The van der Waals surface area contributed by atoms with Crippen molar-refractivity contribution in [3.05, 3.63) is 59.9 Å². The molecule has 0 amide bonds. The maximum atomic E-state index is 12.8. The predicted octanol–water partition coefficient (Wildman–Crippen LogP) is 1.91. The second-order valence-corrected chi connectivity index (χ2v) is 3.47. The third kappa shape index (κ3) is 3.10. The van der Waals surface area contributed by atoms with Gasteiger partial charge in [0.15, 0.2) is 0 Å². The molecule has 0 atom stereocenters. The lowest BCUT2D eigenvalue weighted by Crippen LogP contribution is -2.12. The molecule has 0 spiro atoms. The summed E-state index contributed by atoms with van der Waals surface area (Å²) in [6, 6.07) is 5.36. The molecule has 2 aromatic heterocycles. The molecule has 0 aliphatic heterocycles. The van der Waals surface area contributed by atoms with E-state index in [4.69, 9.17) is 0 Å². The number of nitrogens with zero attached hydrogens (tertiary/aromatic N) is 2. The number of pyridine rings is 2. The van der Waals surface area contributed by atoms with Gasteiger partial charge in [0, 0.05) is 31.7 Å². The zero-order chi connectivity index (χ0) is 11.2. The lowest BCUT2D eigenvalue weighted by molar-refractivity contribution is 0.612. The fourth-order valence-electron chi connectivity index (χ4n) is 1.40. The van der Waals surface area contributed by atoms with Crippen molar-refractivity contribution in [1.82, 2.24) is 15.3 Å². The number of hydrogen-bond acceptors (Lipinski definition) is 3. The molecule has 0 saturated heterocycles. The zero-order valence-electron chi connectivity index (χ0n) is 8.73. The van der Waals surface area contributed by atoms with E-state index in [9.17, 15) is 4.39 Å². The van der Waals surface area contributed by atoms with Gasteiger partial charge in [-0.2, -0.15) is 0 Å².